The Morgan fingerprint density at radius 2 is 2.00 bits per heavy atom. The van der Waals surface area contributed by atoms with E-state index >= 15 is 0 Å². The molecule has 0 saturated carbocycles. The minimum Gasteiger partial charge on any atom is -0.385 e. The fourth-order valence-electron chi connectivity index (χ4n) is 2.32. The third kappa shape index (κ3) is 4.76. The summed E-state index contributed by atoms with van der Waals surface area (Å²) in [6.45, 7) is 0.252. The van der Waals surface area contributed by atoms with Crippen molar-refractivity contribution in [1.82, 2.24) is 9.88 Å². The maximum Gasteiger partial charge on any atom is 0.220 e. The zero-order valence-corrected chi connectivity index (χ0v) is 12.3. The highest BCUT2D eigenvalue weighted by Gasteiger charge is 2.11. The van der Waals surface area contributed by atoms with Crippen LogP contribution in [-0.4, -0.2) is 22.1 Å². The summed E-state index contributed by atoms with van der Waals surface area (Å²) in [7, 11) is 1.88. The van der Waals surface area contributed by atoms with Crippen LogP contribution in [0.3, 0.4) is 0 Å². The lowest BCUT2D eigenvalue weighted by molar-refractivity contribution is -0.121. The van der Waals surface area contributed by atoms with Gasteiger partial charge in [-0.2, -0.15) is 0 Å². The van der Waals surface area contributed by atoms with Gasteiger partial charge in [0, 0.05) is 31.9 Å². The second-order valence-electron chi connectivity index (χ2n) is 5.20. The monoisotopic (exact) mass is 286 g/mol. The minimum absolute atomic E-state index is 0.0146. The molecule has 4 heteroatoms. The van der Waals surface area contributed by atoms with E-state index in [0.717, 1.165) is 18.5 Å². The Morgan fingerprint density at radius 3 is 2.67 bits per heavy atom. The van der Waals surface area contributed by atoms with Crippen molar-refractivity contribution in [2.75, 3.05) is 6.54 Å². The first-order valence-corrected chi connectivity index (χ1v) is 7.26. The van der Waals surface area contributed by atoms with Crippen LogP contribution >= 0.6 is 0 Å². The van der Waals surface area contributed by atoms with Crippen LogP contribution in [0.5, 0.6) is 0 Å². The number of rotatable bonds is 7. The van der Waals surface area contributed by atoms with Gasteiger partial charge in [-0.15, -0.1) is 0 Å². The van der Waals surface area contributed by atoms with Crippen LogP contribution in [0, 0.1) is 0 Å². The number of aromatic nitrogens is 1. The molecule has 2 rings (SSSR count). The van der Waals surface area contributed by atoms with E-state index in [-0.39, 0.29) is 12.5 Å². The van der Waals surface area contributed by atoms with Crippen molar-refractivity contribution in [3.8, 4) is 0 Å². The Labute approximate surface area is 125 Å². The van der Waals surface area contributed by atoms with Crippen LogP contribution in [0.2, 0.25) is 0 Å². The Morgan fingerprint density at radius 1 is 1.24 bits per heavy atom. The Hall–Kier alpha value is -2.07. The molecule has 1 amide bonds. The van der Waals surface area contributed by atoms with Gasteiger partial charge < -0.3 is 15.0 Å². The fraction of sp³-hybridized carbons (Fsp3) is 0.353. The number of nitrogens with one attached hydrogen (secondary N) is 1. The van der Waals surface area contributed by atoms with Crippen LogP contribution in [0.15, 0.2) is 48.7 Å². The number of hydrogen-bond acceptors (Lipinski definition) is 2. The average molecular weight is 286 g/mol. The molecule has 0 aliphatic carbocycles. The van der Waals surface area contributed by atoms with Gasteiger partial charge >= 0.3 is 0 Å². The summed E-state index contributed by atoms with van der Waals surface area (Å²) in [4.78, 5) is 11.8. The van der Waals surface area contributed by atoms with Gasteiger partial charge in [-0.3, -0.25) is 4.79 Å². The summed E-state index contributed by atoms with van der Waals surface area (Å²) >= 11 is 0. The number of carbonyl (C=O) groups is 1. The number of aliphatic hydroxyl groups is 1. The minimum atomic E-state index is -0.664. The molecule has 1 heterocycles. The number of hydrogen-bond donors (Lipinski definition) is 2. The molecule has 4 nitrogen and oxygen atoms in total. The maximum atomic E-state index is 11.8. The second-order valence-corrected chi connectivity index (χ2v) is 5.20. The van der Waals surface area contributed by atoms with Crippen LogP contribution in [0.1, 0.15) is 30.2 Å². The molecule has 0 radical (unpaired) electrons. The first kappa shape index (κ1) is 15.3. The van der Waals surface area contributed by atoms with Crippen LogP contribution in [0.25, 0.3) is 0 Å². The van der Waals surface area contributed by atoms with E-state index in [2.05, 4.69) is 17.4 Å². The van der Waals surface area contributed by atoms with Crippen LogP contribution in [0.4, 0.5) is 0 Å². The summed E-state index contributed by atoms with van der Waals surface area (Å²) in [5.41, 5.74) is 2.05. The highest BCUT2D eigenvalue weighted by atomic mass is 16.3. The molecule has 0 fully saturated rings. The summed E-state index contributed by atoms with van der Waals surface area (Å²) < 4.78 is 1.85. The third-order valence-corrected chi connectivity index (χ3v) is 3.53. The van der Waals surface area contributed by atoms with Crippen molar-refractivity contribution in [2.24, 2.45) is 7.05 Å². The average Bonchev–Trinajstić information content (AvgIpc) is 2.92. The van der Waals surface area contributed by atoms with Gasteiger partial charge in [-0.25, -0.2) is 0 Å². The van der Waals surface area contributed by atoms with E-state index in [4.69, 9.17) is 0 Å². The zero-order valence-electron chi connectivity index (χ0n) is 12.3. The SMILES string of the molecule is Cn1cccc1C(O)CNC(=O)CCCc1ccccc1. The number of aryl methyl sites for hydroxylation is 2. The van der Waals surface area contributed by atoms with Crippen molar-refractivity contribution in [3.05, 3.63) is 59.9 Å². The third-order valence-electron chi connectivity index (χ3n) is 3.53. The van der Waals surface area contributed by atoms with E-state index in [1.165, 1.54) is 5.56 Å². The largest absolute Gasteiger partial charge is 0.385 e. The van der Waals surface area contributed by atoms with Gasteiger partial charge in [0.15, 0.2) is 0 Å². The van der Waals surface area contributed by atoms with Gasteiger partial charge in [0.2, 0.25) is 5.91 Å². The molecule has 2 N–H and O–H groups in total. The standard InChI is InChI=1S/C17H22N2O2/c1-19-12-6-10-15(19)16(20)13-18-17(21)11-5-9-14-7-3-2-4-8-14/h2-4,6-8,10,12,16,20H,5,9,11,13H2,1H3,(H,18,21). The Kier molecular flexibility index (Phi) is 5.58. The van der Waals surface area contributed by atoms with E-state index in [9.17, 15) is 9.90 Å². The smallest absolute Gasteiger partial charge is 0.220 e. The summed E-state index contributed by atoms with van der Waals surface area (Å²) in [5, 5.41) is 12.8. The Bertz CT molecular complexity index is 563. The number of carbonyl (C=O) groups excluding carboxylic acids is 1. The van der Waals surface area contributed by atoms with Crippen LogP contribution < -0.4 is 5.32 Å². The lowest BCUT2D eigenvalue weighted by Gasteiger charge is -2.13. The molecule has 112 valence electrons. The highest BCUT2D eigenvalue weighted by molar-refractivity contribution is 5.75. The van der Waals surface area contributed by atoms with Gasteiger partial charge in [0.05, 0.1) is 0 Å². The van der Waals surface area contributed by atoms with E-state index in [1.54, 1.807) is 0 Å². The molecule has 0 spiro atoms. The molecular weight excluding hydrogens is 264 g/mol. The molecule has 1 atom stereocenters. The summed E-state index contributed by atoms with van der Waals surface area (Å²) in [6.07, 6.45) is 3.41. The first-order chi connectivity index (χ1) is 10.2. The van der Waals surface area contributed by atoms with Crippen LogP contribution in [-0.2, 0) is 18.3 Å². The zero-order chi connectivity index (χ0) is 15.1. The van der Waals surface area contributed by atoms with Gasteiger partial charge in [-0.1, -0.05) is 30.3 Å². The molecule has 0 bridgehead atoms. The topological polar surface area (TPSA) is 54.3 Å². The molecular formula is C17H22N2O2. The molecule has 1 aromatic carbocycles. The van der Waals surface area contributed by atoms with Gasteiger partial charge in [0.25, 0.3) is 0 Å². The number of benzene rings is 1. The highest BCUT2D eigenvalue weighted by Crippen LogP contribution is 2.11. The first-order valence-electron chi connectivity index (χ1n) is 7.26. The van der Waals surface area contributed by atoms with Crippen molar-refractivity contribution in [3.63, 3.8) is 0 Å². The fourth-order valence-corrected chi connectivity index (χ4v) is 2.32. The van der Waals surface area contributed by atoms with Gasteiger partial charge in [0.1, 0.15) is 6.10 Å². The van der Waals surface area contributed by atoms with E-state index in [1.807, 2.05) is 48.1 Å². The number of amides is 1. The van der Waals surface area contributed by atoms with E-state index in [0.29, 0.717) is 6.42 Å². The maximum absolute atomic E-state index is 11.8. The second kappa shape index (κ2) is 7.64. The normalized spacial score (nSPS) is 12.1. The van der Waals surface area contributed by atoms with Crippen molar-refractivity contribution in [1.29, 1.82) is 0 Å². The summed E-state index contributed by atoms with van der Waals surface area (Å²) in [5.74, 6) is -0.0146. The van der Waals surface area contributed by atoms with Crippen molar-refractivity contribution >= 4 is 5.91 Å². The summed E-state index contributed by atoms with van der Waals surface area (Å²) in [6, 6.07) is 13.9. The molecule has 0 aliphatic heterocycles. The molecule has 1 aromatic heterocycles. The molecule has 0 saturated heterocycles. The lowest BCUT2D eigenvalue weighted by atomic mass is 10.1. The van der Waals surface area contributed by atoms with E-state index < -0.39 is 6.10 Å². The quantitative estimate of drug-likeness (QED) is 0.820. The predicted molar refractivity (Wildman–Crippen MR) is 82.8 cm³/mol. The number of aliphatic hydroxyl groups excluding tert-OH is 1. The number of nitrogens with zero attached hydrogens (tertiary/aromatic N) is 1. The van der Waals surface area contributed by atoms with Crippen molar-refractivity contribution in [2.45, 2.75) is 25.4 Å². The molecule has 0 aliphatic rings. The lowest BCUT2D eigenvalue weighted by Crippen LogP contribution is -2.28. The molecule has 1 unspecified atom stereocenters. The molecule has 2 aromatic rings. The Balaban J connectivity index is 1.67. The molecule has 21 heavy (non-hydrogen) atoms. The predicted octanol–water partition coefficient (Wildman–Crippen LogP) is 2.20. The van der Waals surface area contributed by atoms with Gasteiger partial charge in [-0.05, 0) is 30.5 Å². The van der Waals surface area contributed by atoms with Crippen molar-refractivity contribution < 1.29 is 9.90 Å².